The third-order valence-electron chi connectivity index (χ3n) is 7.03. The van der Waals surface area contributed by atoms with E-state index in [4.69, 9.17) is 4.74 Å². The Balaban J connectivity index is 3.16. The molecule has 0 fully saturated rings. The Morgan fingerprint density at radius 2 is 1.40 bits per heavy atom. The molecule has 0 saturated carbocycles. The van der Waals surface area contributed by atoms with Gasteiger partial charge in [-0.2, -0.15) is 0 Å². The molecule has 0 spiro atoms. The number of carbonyl (C=O) groups excluding carboxylic acids is 6. The summed E-state index contributed by atoms with van der Waals surface area (Å²) in [4.78, 5) is 77.0. The van der Waals surface area contributed by atoms with Crippen LogP contribution in [-0.2, 0) is 39.9 Å². The van der Waals surface area contributed by atoms with Gasteiger partial charge in [0.2, 0.25) is 17.7 Å². The monoisotopic (exact) mass is 632 g/mol. The average molecular weight is 633 g/mol. The van der Waals surface area contributed by atoms with E-state index in [1.165, 1.54) is 14.0 Å². The van der Waals surface area contributed by atoms with E-state index in [9.17, 15) is 28.8 Å². The number of hydrogen-bond donors (Lipinski definition) is 4. The smallest absolute Gasteiger partial charge is 0.408 e. The molecule has 1 aromatic carbocycles. The van der Waals surface area contributed by atoms with Gasteiger partial charge in [0.1, 0.15) is 23.7 Å². The van der Waals surface area contributed by atoms with Crippen LogP contribution in [0, 0.1) is 11.8 Å². The molecule has 5 atom stereocenters. The standard InChI is InChI=1S/C33H52N4O8/c1-10-21(4)28(37-32(43)45-33(6,7)8)30(41)36-25(19-23-14-12-11-13-15-23)29(40)35-24(18-20(2)3)26(38)16-17-27(39)34-22(5)31(42)44-9/h11-15,20-22,24-25,28H,10,16-19H2,1-9H3,(H,34,39)(H,35,40)(H,36,41)(H,37,43)/t21-,22-,24-,25-,28-/m0/s1. The molecule has 12 nitrogen and oxygen atoms in total. The fraction of sp³-hybridized carbons (Fsp3) is 0.636. The molecule has 252 valence electrons. The molecule has 1 aromatic rings. The molecule has 45 heavy (non-hydrogen) atoms. The normalized spacial score (nSPS) is 14.6. The minimum absolute atomic E-state index is 0.0300. The van der Waals surface area contributed by atoms with Gasteiger partial charge < -0.3 is 30.7 Å². The molecule has 4 N–H and O–H groups in total. The van der Waals surface area contributed by atoms with Crippen LogP contribution in [0.1, 0.15) is 86.6 Å². The van der Waals surface area contributed by atoms with Crippen LogP contribution in [0.4, 0.5) is 4.79 Å². The first-order valence-corrected chi connectivity index (χ1v) is 15.5. The molecule has 0 unspecified atom stereocenters. The summed E-state index contributed by atoms with van der Waals surface area (Å²) in [5.41, 5.74) is 0.00964. The lowest BCUT2D eigenvalue weighted by Crippen LogP contribution is -2.58. The van der Waals surface area contributed by atoms with Crippen molar-refractivity contribution in [1.29, 1.82) is 0 Å². The van der Waals surface area contributed by atoms with Gasteiger partial charge in [0.05, 0.1) is 13.2 Å². The summed E-state index contributed by atoms with van der Waals surface area (Å²) >= 11 is 0. The first-order valence-electron chi connectivity index (χ1n) is 15.5. The Morgan fingerprint density at radius 3 is 1.93 bits per heavy atom. The van der Waals surface area contributed by atoms with E-state index in [1.807, 2.05) is 58.0 Å². The first kappa shape index (κ1) is 39.1. The van der Waals surface area contributed by atoms with Crippen LogP contribution in [0.3, 0.4) is 0 Å². The van der Waals surface area contributed by atoms with E-state index < -0.39 is 59.6 Å². The molecule has 1 rings (SSSR count). The van der Waals surface area contributed by atoms with Gasteiger partial charge in [0, 0.05) is 19.3 Å². The van der Waals surface area contributed by atoms with Crippen LogP contribution in [-0.4, -0.2) is 72.4 Å². The second kappa shape index (κ2) is 18.8. The summed E-state index contributed by atoms with van der Waals surface area (Å²) in [6.45, 7) is 14.1. The second-order valence-corrected chi connectivity index (χ2v) is 12.7. The van der Waals surface area contributed by atoms with E-state index in [0.717, 1.165) is 5.56 Å². The largest absolute Gasteiger partial charge is 0.467 e. The van der Waals surface area contributed by atoms with E-state index >= 15 is 0 Å². The number of methoxy groups -OCH3 is 1. The maximum atomic E-state index is 13.7. The summed E-state index contributed by atoms with van der Waals surface area (Å²) < 4.78 is 9.96. The molecule has 12 heteroatoms. The van der Waals surface area contributed by atoms with Gasteiger partial charge in [0.15, 0.2) is 5.78 Å². The van der Waals surface area contributed by atoms with Gasteiger partial charge in [0.25, 0.3) is 0 Å². The number of ketones is 1. The van der Waals surface area contributed by atoms with Crippen molar-refractivity contribution < 1.29 is 38.2 Å². The highest BCUT2D eigenvalue weighted by Gasteiger charge is 2.33. The number of Topliss-reactive ketones (excluding diaryl/α,β-unsaturated/α-hetero) is 1. The van der Waals surface area contributed by atoms with Crippen molar-refractivity contribution in [2.45, 2.75) is 117 Å². The number of benzene rings is 1. The zero-order chi connectivity index (χ0) is 34.3. The average Bonchev–Trinajstić information content (AvgIpc) is 2.96. The van der Waals surface area contributed by atoms with Crippen molar-refractivity contribution in [1.82, 2.24) is 21.3 Å². The van der Waals surface area contributed by atoms with Gasteiger partial charge in [-0.25, -0.2) is 9.59 Å². The molecule has 0 radical (unpaired) electrons. The number of esters is 1. The van der Waals surface area contributed by atoms with E-state index in [-0.39, 0.29) is 36.9 Å². The van der Waals surface area contributed by atoms with Crippen molar-refractivity contribution in [2.24, 2.45) is 11.8 Å². The topological polar surface area (TPSA) is 169 Å². The van der Waals surface area contributed by atoms with Gasteiger partial charge in [-0.05, 0) is 51.5 Å². The maximum absolute atomic E-state index is 13.7. The quantitative estimate of drug-likeness (QED) is 0.190. The lowest BCUT2D eigenvalue weighted by molar-refractivity contribution is -0.144. The first-order chi connectivity index (χ1) is 21.0. The van der Waals surface area contributed by atoms with Crippen LogP contribution in [0.2, 0.25) is 0 Å². The van der Waals surface area contributed by atoms with Crippen LogP contribution in [0.25, 0.3) is 0 Å². The number of rotatable bonds is 17. The minimum atomic E-state index is -1.07. The molecule has 0 aliphatic rings. The zero-order valence-corrected chi connectivity index (χ0v) is 28.2. The van der Waals surface area contributed by atoms with Gasteiger partial charge in [-0.3, -0.25) is 19.2 Å². The number of alkyl carbamates (subject to hydrolysis) is 1. The number of carbonyl (C=O) groups is 6. The van der Waals surface area contributed by atoms with E-state index in [0.29, 0.717) is 12.8 Å². The zero-order valence-electron chi connectivity index (χ0n) is 28.2. The van der Waals surface area contributed by atoms with Crippen molar-refractivity contribution in [3.63, 3.8) is 0 Å². The van der Waals surface area contributed by atoms with E-state index in [2.05, 4.69) is 26.0 Å². The number of amides is 4. The van der Waals surface area contributed by atoms with Crippen molar-refractivity contribution >= 4 is 35.6 Å². The predicted molar refractivity (Wildman–Crippen MR) is 170 cm³/mol. The molecule has 4 amide bonds. The highest BCUT2D eigenvalue weighted by molar-refractivity contribution is 5.95. The Kier molecular flexibility index (Phi) is 16.3. The number of nitrogens with one attached hydrogen (secondary N) is 4. The van der Waals surface area contributed by atoms with Crippen LogP contribution in [0.5, 0.6) is 0 Å². The lowest BCUT2D eigenvalue weighted by atomic mass is 9.95. The summed E-state index contributed by atoms with van der Waals surface area (Å²) in [6.07, 6.45) is -0.0777. The van der Waals surface area contributed by atoms with Crippen LogP contribution < -0.4 is 21.3 Å². The summed E-state index contributed by atoms with van der Waals surface area (Å²) in [5.74, 6) is -2.85. The fourth-order valence-corrected chi connectivity index (χ4v) is 4.43. The molecule has 0 aliphatic carbocycles. The molecule has 0 aliphatic heterocycles. The number of hydrogen-bond acceptors (Lipinski definition) is 8. The molecular formula is C33H52N4O8. The minimum Gasteiger partial charge on any atom is -0.467 e. The van der Waals surface area contributed by atoms with Gasteiger partial charge in [-0.15, -0.1) is 0 Å². The predicted octanol–water partition coefficient (Wildman–Crippen LogP) is 3.21. The Bertz CT molecular complexity index is 1150. The highest BCUT2D eigenvalue weighted by Crippen LogP contribution is 2.14. The Hall–Kier alpha value is -3.96. The molecule has 0 aromatic heterocycles. The molecule has 0 bridgehead atoms. The second-order valence-electron chi connectivity index (χ2n) is 12.7. The SMILES string of the molecule is CC[C@H](C)[C@H](NC(=O)OC(C)(C)C)C(=O)N[C@@H](Cc1ccccc1)C(=O)N[C@@H](CC(C)C)C(=O)CCC(=O)N[C@@H](C)C(=O)OC. The maximum Gasteiger partial charge on any atom is 0.408 e. The van der Waals surface area contributed by atoms with Crippen molar-refractivity contribution in [3.05, 3.63) is 35.9 Å². The Morgan fingerprint density at radius 1 is 0.800 bits per heavy atom. The number of ether oxygens (including phenoxy) is 2. The molecule has 0 saturated heterocycles. The Labute approximate surface area is 267 Å². The molecular weight excluding hydrogens is 580 g/mol. The fourth-order valence-electron chi connectivity index (χ4n) is 4.43. The highest BCUT2D eigenvalue weighted by atomic mass is 16.6. The third-order valence-corrected chi connectivity index (χ3v) is 7.03. The van der Waals surface area contributed by atoms with Gasteiger partial charge >= 0.3 is 12.1 Å². The van der Waals surface area contributed by atoms with Crippen LogP contribution in [0.15, 0.2) is 30.3 Å². The lowest BCUT2D eigenvalue weighted by Gasteiger charge is -2.29. The van der Waals surface area contributed by atoms with Crippen molar-refractivity contribution in [3.8, 4) is 0 Å². The summed E-state index contributed by atoms with van der Waals surface area (Å²) in [7, 11) is 1.21. The summed E-state index contributed by atoms with van der Waals surface area (Å²) in [6, 6.07) is 5.28. The third kappa shape index (κ3) is 15.1. The summed E-state index contributed by atoms with van der Waals surface area (Å²) in [5, 5.41) is 10.7. The van der Waals surface area contributed by atoms with Crippen molar-refractivity contribution in [2.75, 3.05) is 7.11 Å². The van der Waals surface area contributed by atoms with Crippen LogP contribution >= 0.6 is 0 Å². The van der Waals surface area contributed by atoms with E-state index in [1.54, 1.807) is 20.8 Å². The van der Waals surface area contributed by atoms with Gasteiger partial charge in [-0.1, -0.05) is 64.4 Å². The molecule has 0 heterocycles.